The lowest BCUT2D eigenvalue weighted by atomic mass is 10.2. The Labute approximate surface area is 109 Å². The van der Waals surface area contributed by atoms with Crippen LogP contribution in [0.25, 0.3) is 0 Å². The molecule has 0 saturated carbocycles. The molecule has 0 spiro atoms. The molecule has 1 aromatic rings. The number of hydrogen-bond acceptors (Lipinski definition) is 4. The van der Waals surface area contributed by atoms with Gasteiger partial charge in [0.15, 0.2) is 0 Å². The predicted molar refractivity (Wildman–Crippen MR) is 76.9 cm³/mol. The third kappa shape index (κ3) is 4.65. The summed E-state index contributed by atoms with van der Waals surface area (Å²) in [5, 5.41) is 3.28. The fourth-order valence-electron chi connectivity index (χ4n) is 1.45. The van der Waals surface area contributed by atoms with E-state index in [9.17, 15) is 0 Å². The van der Waals surface area contributed by atoms with E-state index in [2.05, 4.69) is 37.7 Å². The second kappa shape index (κ2) is 6.89. The van der Waals surface area contributed by atoms with Crippen LogP contribution in [0.15, 0.2) is 24.8 Å². The zero-order valence-electron chi connectivity index (χ0n) is 11.4. The van der Waals surface area contributed by atoms with Crippen LogP contribution in [0.3, 0.4) is 0 Å². The molecule has 18 heavy (non-hydrogen) atoms. The number of nitrogens with zero attached hydrogens (tertiary/aromatic N) is 1. The maximum absolute atomic E-state index is 5.83. The molecule has 100 valence electrons. The molecular formula is C14H23N3O. The van der Waals surface area contributed by atoms with Gasteiger partial charge in [0, 0.05) is 6.04 Å². The molecule has 3 N–H and O–H groups in total. The third-order valence-corrected chi connectivity index (χ3v) is 2.36. The molecule has 1 heterocycles. The molecule has 1 atom stereocenters. The topological polar surface area (TPSA) is 60.2 Å². The SMILES string of the molecule is C=CCC(C)Nc1ccc(N)c(OCC(C)C)n1. The first-order valence-electron chi connectivity index (χ1n) is 6.29. The fourth-order valence-corrected chi connectivity index (χ4v) is 1.45. The first-order valence-corrected chi connectivity index (χ1v) is 6.29. The van der Waals surface area contributed by atoms with Crippen LogP contribution in [-0.2, 0) is 0 Å². The smallest absolute Gasteiger partial charge is 0.239 e. The Morgan fingerprint density at radius 3 is 2.78 bits per heavy atom. The summed E-state index contributed by atoms with van der Waals surface area (Å²) < 4.78 is 5.58. The number of anilines is 2. The van der Waals surface area contributed by atoms with E-state index in [0.717, 1.165) is 12.2 Å². The molecule has 1 aromatic heterocycles. The van der Waals surface area contributed by atoms with Gasteiger partial charge in [0.05, 0.1) is 12.3 Å². The van der Waals surface area contributed by atoms with E-state index in [1.165, 1.54) is 0 Å². The van der Waals surface area contributed by atoms with Crippen LogP contribution >= 0.6 is 0 Å². The summed E-state index contributed by atoms with van der Waals surface area (Å²) in [6.45, 7) is 10.6. The summed E-state index contributed by atoms with van der Waals surface area (Å²) in [5.41, 5.74) is 6.40. The zero-order valence-corrected chi connectivity index (χ0v) is 11.4. The molecule has 4 nitrogen and oxygen atoms in total. The van der Waals surface area contributed by atoms with Gasteiger partial charge in [-0.15, -0.1) is 6.58 Å². The number of hydrogen-bond donors (Lipinski definition) is 2. The molecule has 0 aliphatic heterocycles. The van der Waals surface area contributed by atoms with E-state index in [1.54, 1.807) is 0 Å². The lowest BCUT2D eigenvalue weighted by Gasteiger charge is -2.15. The summed E-state index contributed by atoms with van der Waals surface area (Å²) in [7, 11) is 0. The first kappa shape index (κ1) is 14.4. The molecule has 4 heteroatoms. The number of pyridine rings is 1. The van der Waals surface area contributed by atoms with Gasteiger partial charge in [-0.1, -0.05) is 19.9 Å². The first-order chi connectivity index (χ1) is 8.52. The Morgan fingerprint density at radius 1 is 1.44 bits per heavy atom. The maximum atomic E-state index is 5.83. The van der Waals surface area contributed by atoms with Gasteiger partial charge in [0.1, 0.15) is 5.82 Å². The maximum Gasteiger partial charge on any atom is 0.239 e. The predicted octanol–water partition coefficient (Wildman–Crippen LogP) is 3.08. The summed E-state index contributed by atoms with van der Waals surface area (Å²) in [5.74, 6) is 1.72. The van der Waals surface area contributed by atoms with Crippen LogP contribution in [0.1, 0.15) is 27.2 Å². The van der Waals surface area contributed by atoms with Gasteiger partial charge in [-0.05, 0) is 31.4 Å². The Hall–Kier alpha value is -1.71. The highest BCUT2D eigenvalue weighted by Gasteiger charge is 2.07. The number of aromatic nitrogens is 1. The highest BCUT2D eigenvalue weighted by atomic mass is 16.5. The van der Waals surface area contributed by atoms with Gasteiger partial charge in [0.25, 0.3) is 0 Å². The van der Waals surface area contributed by atoms with Gasteiger partial charge in [-0.25, -0.2) is 0 Å². The normalized spacial score (nSPS) is 12.2. The van der Waals surface area contributed by atoms with Gasteiger partial charge in [0.2, 0.25) is 5.88 Å². The minimum Gasteiger partial charge on any atom is -0.476 e. The average Bonchev–Trinajstić information content (AvgIpc) is 2.30. The van der Waals surface area contributed by atoms with Crippen molar-refractivity contribution in [1.29, 1.82) is 0 Å². The van der Waals surface area contributed by atoms with Crippen molar-refractivity contribution < 1.29 is 4.74 Å². The minimum absolute atomic E-state index is 0.288. The molecule has 1 unspecified atom stereocenters. The summed E-state index contributed by atoms with van der Waals surface area (Å²) >= 11 is 0. The Bertz CT molecular complexity index is 391. The number of nitrogens with one attached hydrogen (secondary N) is 1. The van der Waals surface area contributed by atoms with Crippen LogP contribution < -0.4 is 15.8 Å². The fraction of sp³-hybridized carbons (Fsp3) is 0.500. The van der Waals surface area contributed by atoms with Crippen LogP contribution in [-0.4, -0.2) is 17.6 Å². The van der Waals surface area contributed by atoms with Gasteiger partial charge in [-0.3, -0.25) is 0 Å². The van der Waals surface area contributed by atoms with E-state index in [4.69, 9.17) is 10.5 Å². The zero-order chi connectivity index (χ0) is 13.5. The highest BCUT2D eigenvalue weighted by molar-refractivity contribution is 5.53. The van der Waals surface area contributed by atoms with Gasteiger partial charge in [-0.2, -0.15) is 4.98 Å². The van der Waals surface area contributed by atoms with E-state index < -0.39 is 0 Å². The Kier molecular flexibility index (Phi) is 5.49. The molecule has 0 amide bonds. The third-order valence-electron chi connectivity index (χ3n) is 2.36. The quantitative estimate of drug-likeness (QED) is 0.729. The van der Waals surface area contributed by atoms with Crippen molar-refractivity contribution in [2.24, 2.45) is 5.92 Å². The molecular weight excluding hydrogens is 226 g/mol. The van der Waals surface area contributed by atoms with E-state index in [0.29, 0.717) is 24.1 Å². The van der Waals surface area contributed by atoms with Crippen molar-refractivity contribution in [1.82, 2.24) is 4.98 Å². The molecule has 0 saturated heterocycles. The van der Waals surface area contributed by atoms with Gasteiger partial charge < -0.3 is 15.8 Å². The lowest BCUT2D eigenvalue weighted by Crippen LogP contribution is -2.15. The van der Waals surface area contributed by atoms with E-state index in [1.807, 2.05) is 18.2 Å². The van der Waals surface area contributed by atoms with Crippen LogP contribution in [0.5, 0.6) is 5.88 Å². The van der Waals surface area contributed by atoms with Crippen molar-refractivity contribution in [2.45, 2.75) is 33.2 Å². The monoisotopic (exact) mass is 249 g/mol. The Morgan fingerprint density at radius 2 is 2.17 bits per heavy atom. The lowest BCUT2D eigenvalue weighted by molar-refractivity contribution is 0.263. The highest BCUT2D eigenvalue weighted by Crippen LogP contribution is 2.22. The number of nitrogen functional groups attached to an aromatic ring is 1. The van der Waals surface area contributed by atoms with E-state index in [-0.39, 0.29) is 6.04 Å². The van der Waals surface area contributed by atoms with Gasteiger partial charge >= 0.3 is 0 Å². The van der Waals surface area contributed by atoms with Crippen LogP contribution in [0.2, 0.25) is 0 Å². The molecule has 0 aliphatic rings. The second-order valence-corrected chi connectivity index (χ2v) is 4.87. The standard InChI is InChI=1S/C14H23N3O/c1-5-6-11(4)16-13-8-7-12(15)14(17-13)18-9-10(2)3/h5,7-8,10-11H,1,6,9,15H2,2-4H3,(H,16,17). The van der Waals surface area contributed by atoms with Crippen molar-refractivity contribution in [3.63, 3.8) is 0 Å². The number of nitrogens with two attached hydrogens (primary N) is 1. The largest absolute Gasteiger partial charge is 0.476 e. The number of rotatable bonds is 7. The van der Waals surface area contributed by atoms with Crippen molar-refractivity contribution >= 4 is 11.5 Å². The van der Waals surface area contributed by atoms with E-state index >= 15 is 0 Å². The molecule has 1 rings (SSSR count). The van der Waals surface area contributed by atoms with Crippen molar-refractivity contribution in [3.05, 3.63) is 24.8 Å². The molecule has 0 radical (unpaired) electrons. The summed E-state index contributed by atoms with van der Waals surface area (Å²) in [4.78, 5) is 4.37. The number of ether oxygens (including phenoxy) is 1. The summed E-state index contributed by atoms with van der Waals surface area (Å²) in [6, 6.07) is 3.96. The second-order valence-electron chi connectivity index (χ2n) is 4.87. The molecule has 0 fully saturated rings. The average molecular weight is 249 g/mol. The molecule has 0 aromatic carbocycles. The molecule has 0 bridgehead atoms. The molecule has 0 aliphatic carbocycles. The summed E-state index contributed by atoms with van der Waals surface area (Å²) in [6.07, 6.45) is 2.76. The minimum atomic E-state index is 0.288. The Balaban J connectivity index is 2.70. The van der Waals surface area contributed by atoms with Crippen LogP contribution in [0.4, 0.5) is 11.5 Å². The van der Waals surface area contributed by atoms with Crippen molar-refractivity contribution in [3.8, 4) is 5.88 Å². The van der Waals surface area contributed by atoms with Crippen molar-refractivity contribution in [2.75, 3.05) is 17.7 Å². The van der Waals surface area contributed by atoms with Crippen LogP contribution in [0, 0.1) is 5.92 Å².